The summed E-state index contributed by atoms with van der Waals surface area (Å²) in [6, 6.07) is 15.3. The summed E-state index contributed by atoms with van der Waals surface area (Å²) in [4.78, 5) is 16.7. The Morgan fingerprint density at radius 1 is 1.18 bits per heavy atom. The van der Waals surface area contributed by atoms with Gasteiger partial charge in [-0.25, -0.2) is 4.79 Å². The lowest BCUT2D eigenvalue weighted by Gasteiger charge is -2.18. The Morgan fingerprint density at radius 3 is 2.73 bits per heavy atom. The summed E-state index contributed by atoms with van der Waals surface area (Å²) in [5, 5.41) is 28.0. The van der Waals surface area contributed by atoms with Crippen LogP contribution in [0.1, 0.15) is 17.5 Å². The molecule has 4 N–H and O–H groups in total. The maximum absolute atomic E-state index is 12.2. The number of rotatable bonds is 6. The van der Waals surface area contributed by atoms with Gasteiger partial charge in [-0.3, -0.25) is 4.99 Å². The Morgan fingerprint density at radius 2 is 1.97 bits per heavy atom. The van der Waals surface area contributed by atoms with E-state index in [2.05, 4.69) is 20.9 Å². The first-order chi connectivity index (χ1) is 16.0. The zero-order valence-corrected chi connectivity index (χ0v) is 17.9. The molecule has 1 aliphatic heterocycles. The van der Waals surface area contributed by atoms with Crippen LogP contribution in [0.4, 0.5) is 10.5 Å². The van der Waals surface area contributed by atoms with Crippen LogP contribution in [0.5, 0.6) is 5.75 Å². The maximum Gasteiger partial charge on any atom is 0.319 e. The second-order valence-corrected chi connectivity index (χ2v) is 7.64. The minimum Gasteiger partial charge on any atom is -0.507 e. The van der Waals surface area contributed by atoms with Gasteiger partial charge in [0.15, 0.2) is 0 Å². The van der Waals surface area contributed by atoms with Crippen LogP contribution >= 0.6 is 0 Å². The molecule has 1 atom stereocenters. The molecule has 0 spiro atoms. The van der Waals surface area contributed by atoms with Gasteiger partial charge in [0.1, 0.15) is 19.6 Å². The Kier molecular flexibility index (Phi) is 6.60. The van der Waals surface area contributed by atoms with Gasteiger partial charge in [-0.05, 0) is 54.0 Å². The van der Waals surface area contributed by atoms with Gasteiger partial charge in [0.2, 0.25) is 0 Å². The first kappa shape index (κ1) is 22.0. The number of nitrogens with one attached hydrogen (secondary N) is 3. The van der Waals surface area contributed by atoms with Crippen molar-refractivity contribution in [3.8, 4) is 11.8 Å². The summed E-state index contributed by atoms with van der Waals surface area (Å²) in [5.41, 5.74) is 5.26. The molecular weight excluding hydrogens is 413 g/mol. The second-order valence-electron chi connectivity index (χ2n) is 7.64. The van der Waals surface area contributed by atoms with Crippen LogP contribution in [0.25, 0.3) is 5.57 Å². The van der Waals surface area contributed by atoms with Crippen molar-refractivity contribution >= 4 is 31.4 Å². The summed E-state index contributed by atoms with van der Waals surface area (Å²) in [6.45, 7) is 0.847. The number of amides is 2. The van der Waals surface area contributed by atoms with Crippen molar-refractivity contribution < 1.29 is 9.90 Å². The number of para-hydroxylation sites is 1. The summed E-state index contributed by atoms with van der Waals surface area (Å²) in [6.07, 6.45) is 6.32. The van der Waals surface area contributed by atoms with E-state index in [0.29, 0.717) is 36.2 Å². The number of allylic oxidation sites excluding steroid dienone is 4. The topological polar surface area (TPSA) is 110 Å². The lowest BCUT2D eigenvalue weighted by Crippen LogP contribution is -2.36. The number of anilines is 1. The van der Waals surface area contributed by atoms with Gasteiger partial charge in [-0.2, -0.15) is 5.26 Å². The van der Waals surface area contributed by atoms with Crippen molar-refractivity contribution in [2.75, 3.05) is 18.4 Å². The van der Waals surface area contributed by atoms with Crippen LogP contribution in [0.2, 0.25) is 0 Å². The van der Waals surface area contributed by atoms with Crippen LogP contribution in [-0.4, -0.2) is 44.3 Å². The number of nitriles is 1. The molecule has 2 aromatic carbocycles. The number of fused-ring (bicyclic) bond motifs is 1. The van der Waals surface area contributed by atoms with E-state index < -0.39 is 0 Å². The molecule has 0 aromatic heterocycles. The predicted octanol–water partition coefficient (Wildman–Crippen LogP) is 3.22. The van der Waals surface area contributed by atoms with Gasteiger partial charge in [0.05, 0.1) is 11.6 Å². The SMILES string of the molecule is [B]C1=C2CC=C(c3ccccc3O)C=C(NCCNC(=O)Nc3ccc(C#N)cc3)C2N=C1. The Balaban J connectivity index is 1.39. The molecule has 33 heavy (non-hydrogen) atoms. The van der Waals surface area contributed by atoms with Gasteiger partial charge in [0.25, 0.3) is 0 Å². The van der Waals surface area contributed by atoms with E-state index in [1.807, 2.05) is 30.4 Å². The number of hydrogen-bond donors (Lipinski definition) is 4. The quantitative estimate of drug-likeness (QED) is 0.413. The highest BCUT2D eigenvalue weighted by molar-refractivity contribution is 6.34. The smallest absolute Gasteiger partial charge is 0.319 e. The number of urea groups is 1. The minimum absolute atomic E-state index is 0.206. The first-order valence-electron chi connectivity index (χ1n) is 10.6. The highest BCUT2D eigenvalue weighted by atomic mass is 16.3. The zero-order chi connectivity index (χ0) is 23.2. The molecule has 1 unspecified atom stereocenters. The number of benzene rings is 2. The van der Waals surface area contributed by atoms with Gasteiger partial charge in [-0.1, -0.05) is 29.7 Å². The van der Waals surface area contributed by atoms with Crippen molar-refractivity contribution in [3.63, 3.8) is 0 Å². The van der Waals surface area contributed by atoms with Gasteiger partial charge in [0, 0.05) is 36.3 Å². The minimum atomic E-state index is -0.338. The molecule has 4 rings (SSSR count). The number of aromatic hydroxyl groups is 1. The summed E-state index contributed by atoms with van der Waals surface area (Å²) in [5.74, 6) is 0.206. The van der Waals surface area contributed by atoms with Crippen LogP contribution in [0.15, 0.2) is 82.4 Å². The van der Waals surface area contributed by atoms with Crippen molar-refractivity contribution in [2.24, 2.45) is 4.99 Å². The molecule has 8 heteroatoms. The third kappa shape index (κ3) is 5.16. The lowest BCUT2D eigenvalue weighted by atomic mass is 9.88. The van der Waals surface area contributed by atoms with Crippen molar-refractivity contribution in [1.82, 2.24) is 10.6 Å². The average molecular weight is 435 g/mol. The van der Waals surface area contributed by atoms with E-state index in [1.54, 1.807) is 42.6 Å². The molecule has 2 aromatic rings. The van der Waals surface area contributed by atoms with E-state index in [0.717, 1.165) is 22.4 Å². The first-order valence-corrected chi connectivity index (χ1v) is 10.6. The highest BCUT2D eigenvalue weighted by Crippen LogP contribution is 2.34. The molecule has 1 heterocycles. The Hall–Kier alpha value is -4.25. The number of carbonyl (C=O) groups is 1. The maximum atomic E-state index is 12.2. The van der Waals surface area contributed by atoms with Crippen molar-refractivity contribution in [3.05, 3.63) is 88.6 Å². The number of carbonyl (C=O) groups excluding carboxylic acids is 1. The summed E-state index contributed by atoms with van der Waals surface area (Å²) >= 11 is 0. The molecule has 0 bridgehead atoms. The van der Waals surface area contributed by atoms with E-state index >= 15 is 0 Å². The van der Waals surface area contributed by atoms with Crippen LogP contribution in [0.3, 0.4) is 0 Å². The molecule has 1 aliphatic carbocycles. The zero-order valence-electron chi connectivity index (χ0n) is 17.9. The second kappa shape index (κ2) is 9.92. The molecular formula is C25H22BN5O2. The van der Waals surface area contributed by atoms with Gasteiger partial charge >= 0.3 is 6.03 Å². The highest BCUT2D eigenvalue weighted by Gasteiger charge is 2.25. The fraction of sp³-hybridized carbons (Fsp3) is 0.160. The number of aliphatic imine (C=N–C) groups is 1. The molecule has 0 saturated heterocycles. The van der Waals surface area contributed by atoms with E-state index in [-0.39, 0.29) is 17.8 Å². The fourth-order valence-corrected chi connectivity index (χ4v) is 3.75. The number of phenols is 1. The standard InChI is InChI=1S/C25H22BN5O2/c26-21-15-30-24-20(21)10-7-17(19-3-1-2-4-23(19)32)13-22(24)28-11-12-29-25(33)31-18-8-5-16(14-27)6-9-18/h1-9,13,15,24,28,32H,10-12H2,(H2,29,31,33). The van der Waals surface area contributed by atoms with Crippen LogP contribution < -0.4 is 16.0 Å². The molecule has 0 saturated carbocycles. The predicted molar refractivity (Wildman–Crippen MR) is 130 cm³/mol. The van der Waals surface area contributed by atoms with Crippen molar-refractivity contribution in [1.29, 1.82) is 5.26 Å². The normalized spacial score (nSPS) is 16.8. The third-order valence-corrected chi connectivity index (χ3v) is 5.44. The number of hydrogen-bond acceptors (Lipinski definition) is 5. The molecule has 2 aliphatic rings. The molecule has 2 radical (unpaired) electrons. The average Bonchev–Trinajstić information content (AvgIpc) is 3.08. The van der Waals surface area contributed by atoms with Crippen LogP contribution in [0, 0.1) is 11.3 Å². The monoisotopic (exact) mass is 435 g/mol. The van der Waals surface area contributed by atoms with E-state index in [9.17, 15) is 9.90 Å². The number of nitrogens with zero attached hydrogens (tertiary/aromatic N) is 2. The van der Waals surface area contributed by atoms with Crippen LogP contribution in [-0.2, 0) is 0 Å². The lowest BCUT2D eigenvalue weighted by molar-refractivity contribution is 0.252. The van der Waals surface area contributed by atoms with Gasteiger partial charge in [-0.15, -0.1) is 0 Å². The molecule has 2 amide bonds. The fourth-order valence-electron chi connectivity index (χ4n) is 3.75. The van der Waals surface area contributed by atoms with E-state index in [4.69, 9.17) is 13.1 Å². The van der Waals surface area contributed by atoms with E-state index in [1.165, 1.54) is 0 Å². The summed E-state index contributed by atoms with van der Waals surface area (Å²) < 4.78 is 0. The summed E-state index contributed by atoms with van der Waals surface area (Å²) in [7, 11) is 6.13. The number of phenolic OH excluding ortho intramolecular Hbond substituents is 1. The van der Waals surface area contributed by atoms with Crippen molar-refractivity contribution in [2.45, 2.75) is 12.5 Å². The third-order valence-electron chi connectivity index (χ3n) is 5.44. The Bertz CT molecular complexity index is 1220. The Labute approximate surface area is 193 Å². The molecule has 7 nitrogen and oxygen atoms in total. The molecule has 0 fully saturated rings. The largest absolute Gasteiger partial charge is 0.507 e. The molecule has 162 valence electrons. The van der Waals surface area contributed by atoms with Gasteiger partial charge < -0.3 is 21.1 Å².